The van der Waals surface area contributed by atoms with E-state index in [2.05, 4.69) is 27.7 Å². The van der Waals surface area contributed by atoms with Gasteiger partial charge in [-0.3, -0.25) is 0 Å². The normalized spacial score (nSPS) is 26.1. The van der Waals surface area contributed by atoms with Gasteiger partial charge < -0.3 is 5.11 Å². The van der Waals surface area contributed by atoms with Gasteiger partial charge in [-0.15, -0.1) is 0 Å². The quantitative estimate of drug-likeness (QED) is 0.595. The second-order valence-corrected chi connectivity index (χ2v) is 4.92. The Morgan fingerprint density at radius 2 is 1.70 bits per heavy atom. The van der Waals surface area contributed by atoms with Crippen molar-refractivity contribution in [2.45, 2.75) is 46.6 Å². The Balaban J connectivity index is 2.57. The van der Waals surface area contributed by atoms with Crippen molar-refractivity contribution in [1.82, 2.24) is 0 Å². The van der Waals surface area contributed by atoms with Crippen molar-refractivity contribution in [1.29, 1.82) is 0 Å². The minimum absolute atomic E-state index is 0.0608. The van der Waals surface area contributed by atoms with E-state index in [4.69, 9.17) is 0 Å². The molecule has 0 aromatic heterocycles. The zero-order valence-electron chi connectivity index (χ0n) is 7.44. The summed E-state index contributed by atoms with van der Waals surface area (Å²) in [6, 6.07) is 0. The summed E-state index contributed by atoms with van der Waals surface area (Å²) in [7, 11) is 0. The molecule has 1 aliphatic rings. The molecule has 0 bridgehead atoms. The van der Waals surface area contributed by atoms with Crippen LogP contribution in [0.2, 0.25) is 0 Å². The summed E-state index contributed by atoms with van der Waals surface area (Å²) in [4.78, 5) is 0. The van der Waals surface area contributed by atoms with Gasteiger partial charge >= 0.3 is 0 Å². The molecule has 1 N–H and O–H groups in total. The summed E-state index contributed by atoms with van der Waals surface area (Å²) >= 11 is 0. The topological polar surface area (TPSA) is 20.2 Å². The molecule has 1 unspecified atom stereocenters. The Labute approximate surface area is 63.4 Å². The standard InChI is InChI=1S/C9H18O/c1-8(2,3)7(10)9(4)5-6-9/h7,10H,5-6H2,1-4H3. The van der Waals surface area contributed by atoms with Gasteiger partial charge in [0.1, 0.15) is 0 Å². The van der Waals surface area contributed by atoms with E-state index in [9.17, 15) is 5.11 Å². The van der Waals surface area contributed by atoms with Crippen molar-refractivity contribution < 1.29 is 5.11 Å². The van der Waals surface area contributed by atoms with Gasteiger partial charge in [0.2, 0.25) is 0 Å². The van der Waals surface area contributed by atoms with Crippen molar-refractivity contribution in [2.24, 2.45) is 10.8 Å². The van der Waals surface area contributed by atoms with Crippen LogP contribution in [0, 0.1) is 10.8 Å². The molecule has 10 heavy (non-hydrogen) atoms. The number of rotatable bonds is 1. The number of hydrogen-bond donors (Lipinski definition) is 1. The van der Waals surface area contributed by atoms with Crippen LogP contribution in [0.4, 0.5) is 0 Å². The lowest BCUT2D eigenvalue weighted by molar-refractivity contribution is 0.00663. The van der Waals surface area contributed by atoms with Crippen LogP contribution < -0.4 is 0 Å². The molecular weight excluding hydrogens is 124 g/mol. The highest BCUT2D eigenvalue weighted by molar-refractivity contribution is 4.99. The molecule has 1 heteroatoms. The average Bonchev–Trinajstić information content (AvgIpc) is 2.45. The second-order valence-electron chi connectivity index (χ2n) is 4.92. The lowest BCUT2D eigenvalue weighted by Crippen LogP contribution is -2.33. The monoisotopic (exact) mass is 142 g/mol. The van der Waals surface area contributed by atoms with Gasteiger partial charge in [-0.1, -0.05) is 27.7 Å². The molecule has 60 valence electrons. The molecule has 1 saturated carbocycles. The number of aliphatic hydroxyl groups excluding tert-OH is 1. The van der Waals surface area contributed by atoms with Crippen LogP contribution in [0.25, 0.3) is 0 Å². The Morgan fingerprint density at radius 3 is 1.80 bits per heavy atom. The number of hydrogen-bond acceptors (Lipinski definition) is 1. The van der Waals surface area contributed by atoms with Crippen molar-refractivity contribution in [3.05, 3.63) is 0 Å². The molecule has 1 fully saturated rings. The van der Waals surface area contributed by atoms with E-state index in [0.717, 1.165) is 0 Å². The maximum atomic E-state index is 9.78. The van der Waals surface area contributed by atoms with Gasteiger partial charge in [0, 0.05) is 0 Å². The molecule has 0 radical (unpaired) electrons. The average molecular weight is 142 g/mol. The molecule has 0 spiro atoms. The Kier molecular flexibility index (Phi) is 1.59. The maximum Gasteiger partial charge on any atom is 0.0641 e. The van der Waals surface area contributed by atoms with E-state index in [1.54, 1.807) is 0 Å². The second kappa shape index (κ2) is 1.97. The van der Waals surface area contributed by atoms with Crippen LogP contribution in [0.5, 0.6) is 0 Å². The van der Waals surface area contributed by atoms with E-state index in [1.165, 1.54) is 12.8 Å². The summed E-state index contributed by atoms with van der Waals surface area (Å²) in [6.07, 6.45) is 2.27. The van der Waals surface area contributed by atoms with Crippen LogP contribution in [0.1, 0.15) is 40.5 Å². The van der Waals surface area contributed by atoms with Gasteiger partial charge in [-0.05, 0) is 23.7 Å². The third-order valence-corrected chi connectivity index (χ3v) is 2.52. The predicted octanol–water partition coefficient (Wildman–Crippen LogP) is 2.19. The van der Waals surface area contributed by atoms with Crippen LogP contribution in [0.15, 0.2) is 0 Å². The summed E-state index contributed by atoms with van der Waals surface area (Å²) < 4.78 is 0. The van der Waals surface area contributed by atoms with E-state index < -0.39 is 0 Å². The molecule has 0 aromatic rings. The lowest BCUT2D eigenvalue weighted by Gasteiger charge is -2.30. The van der Waals surface area contributed by atoms with Gasteiger partial charge in [-0.2, -0.15) is 0 Å². The van der Waals surface area contributed by atoms with Crippen molar-refractivity contribution in [3.63, 3.8) is 0 Å². The van der Waals surface area contributed by atoms with Crippen molar-refractivity contribution in [3.8, 4) is 0 Å². The smallest absolute Gasteiger partial charge is 0.0641 e. The molecule has 0 saturated heterocycles. The van der Waals surface area contributed by atoms with Crippen molar-refractivity contribution in [2.75, 3.05) is 0 Å². The minimum atomic E-state index is -0.125. The molecule has 1 nitrogen and oxygen atoms in total. The molecule has 1 atom stereocenters. The maximum absolute atomic E-state index is 9.78. The van der Waals surface area contributed by atoms with Crippen LogP contribution in [-0.4, -0.2) is 11.2 Å². The zero-order valence-corrected chi connectivity index (χ0v) is 7.44. The van der Waals surface area contributed by atoms with Gasteiger partial charge in [0.05, 0.1) is 6.10 Å². The predicted molar refractivity (Wildman–Crippen MR) is 42.8 cm³/mol. The SMILES string of the molecule is CC(C)(C)C(O)C1(C)CC1. The summed E-state index contributed by atoms with van der Waals surface area (Å²) in [5.41, 5.74) is 0.309. The van der Waals surface area contributed by atoms with Gasteiger partial charge in [0.15, 0.2) is 0 Å². The Bertz CT molecular complexity index is 123. The van der Waals surface area contributed by atoms with E-state index >= 15 is 0 Å². The van der Waals surface area contributed by atoms with Crippen molar-refractivity contribution >= 4 is 0 Å². The zero-order chi connectivity index (χ0) is 7.99. The van der Waals surface area contributed by atoms with E-state index in [0.29, 0.717) is 0 Å². The largest absolute Gasteiger partial charge is 0.392 e. The third kappa shape index (κ3) is 1.34. The number of aliphatic hydroxyl groups is 1. The van der Waals surface area contributed by atoms with Gasteiger partial charge in [-0.25, -0.2) is 0 Å². The fourth-order valence-electron chi connectivity index (χ4n) is 1.52. The first-order valence-electron chi connectivity index (χ1n) is 4.04. The minimum Gasteiger partial charge on any atom is -0.392 e. The fourth-order valence-corrected chi connectivity index (χ4v) is 1.52. The van der Waals surface area contributed by atoms with Crippen LogP contribution in [0.3, 0.4) is 0 Å². The lowest BCUT2D eigenvalue weighted by atomic mass is 9.80. The highest BCUT2D eigenvalue weighted by Gasteiger charge is 2.48. The molecule has 1 aliphatic carbocycles. The molecular formula is C9H18O. The third-order valence-electron chi connectivity index (χ3n) is 2.52. The van der Waals surface area contributed by atoms with Gasteiger partial charge in [0.25, 0.3) is 0 Å². The highest BCUT2D eigenvalue weighted by atomic mass is 16.3. The first kappa shape index (κ1) is 8.06. The highest BCUT2D eigenvalue weighted by Crippen LogP contribution is 2.52. The summed E-state index contributed by atoms with van der Waals surface area (Å²) in [6.45, 7) is 8.46. The summed E-state index contributed by atoms with van der Waals surface area (Å²) in [5.74, 6) is 0. The fraction of sp³-hybridized carbons (Fsp3) is 1.00. The first-order valence-corrected chi connectivity index (χ1v) is 4.04. The Morgan fingerprint density at radius 1 is 1.30 bits per heavy atom. The molecule has 1 rings (SSSR count). The molecule has 0 aliphatic heterocycles. The molecule has 0 aromatic carbocycles. The first-order chi connectivity index (χ1) is 4.36. The molecule has 0 amide bonds. The molecule has 0 heterocycles. The Hall–Kier alpha value is -0.0400. The van der Waals surface area contributed by atoms with E-state index in [1.807, 2.05) is 0 Å². The van der Waals surface area contributed by atoms with Crippen LogP contribution >= 0.6 is 0 Å². The van der Waals surface area contributed by atoms with Crippen LogP contribution in [-0.2, 0) is 0 Å². The summed E-state index contributed by atoms with van der Waals surface area (Å²) in [5, 5.41) is 9.78. The van der Waals surface area contributed by atoms with E-state index in [-0.39, 0.29) is 16.9 Å².